The highest BCUT2D eigenvalue weighted by atomic mass is 19.2. The van der Waals surface area contributed by atoms with Crippen LogP contribution < -0.4 is 16.0 Å². The summed E-state index contributed by atoms with van der Waals surface area (Å²) in [5, 5.41) is 8.87. The zero-order valence-corrected chi connectivity index (χ0v) is 16.0. The number of pyridine rings is 1. The Morgan fingerprint density at radius 3 is 2.10 bits per heavy atom. The third kappa shape index (κ3) is 5.44. The molecule has 0 spiro atoms. The van der Waals surface area contributed by atoms with Crippen LogP contribution in [-0.4, -0.2) is 19.9 Å². The molecular formula is C21H16F3N7. The third-order valence-corrected chi connectivity index (χ3v) is 4.08. The number of halogens is 3. The predicted octanol–water partition coefficient (Wildman–Crippen LogP) is 4.78. The molecule has 3 N–H and O–H groups in total. The van der Waals surface area contributed by atoms with E-state index in [1.54, 1.807) is 6.07 Å². The van der Waals surface area contributed by atoms with Crippen LogP contribution in [0.5, 0.6) is 0 Å². The molecule has 10 heteroatoms. The lowest BCUT2D eigenvalue weighted by Gasteiger charge is -2.12. The second-order valence-electron chi connectivity index (χ2n) is 6.39. The molecule has 2 aromatic carbocycles. The van der Waals surface area contributed by atoms with Gasteiger partial charge in [0.15, 0.2) is 11.6 Å². The molecule has 0 unspecified atom stereocenters. The number of hydrogen-bond donors (Lipinski definition) is 3. The van der Waals surface area contributed by atoms with Crippen LogP contribution in [0.3, 0.4) is 0 Å². The second-order valence-corrected chi connectivity index (χ2v) is 6.39. The number of nitrogens with zero attached hydrogens (tertiary/aromatic N) is 4. The minimum Gasteiger partial charge on any atom is -0.350 e. The Balaban J connectivity index is 1.60. The van der Waals surface area contributed by atoms with E-state index in [0.29, 0.717) is 5.56 Å². The maximum Gasteiger partial charge on any atom is 0.233 e. The first kappa shape index (κ1) is 20.1. The molecule has 31 heavy (non-hydrogen) atoms. The Hall–Kier alpha value is -4.21. The highest BCUT2D eigenvalue weighted by Crippen LogP contribution is 2.20. The molecular weight excluding hydrogens is 407 g/mol. The molecule has 0 radical (unpaired) electrons. The highest BCUT2D eigenvalue weighted by molar-refractivity contribution is 5.59. The topological polar surface area (TPSA) is 87.7 Å². The lowest BCUT2D eigenvalue weighted by molar-refractivity contribution is 0.509. The monoisotopic (exact) mass is 423 g/mol. The first-order valence-electron chi connectivity index (χ1n) is 9.20. The number of rotatable bonds is 7. The molecule has 7 nitrogen and oxygen atoms in total. The van der Waals surface area contributed by atoms with Crippen LogP contribution in [0.2, 0.25) is 0 Å². The molecule has 0 amide bonds. The number of nitrogens with one attached hydrogen (secondary N) is 3. The zero-order chi connectivity index (χ0) is 21.6. The Labute approximate surface area is 175 Å². The van der Waals surface area contributed by atoms with Gasteiger partial charge in [0.1, 0.15) is 0 Å². The minimum atomic E-state index is -1.00. The molecule has 0 saturated heterocycles. The highest BCUT2D eigenvalue weighted by Gasteiger charge is 2.10. The van der Waals surface area contributed by atoms with Crippen molar-refractivity contribution >= 4 is 29.2 Å². The first-order valence-corrected chi connectivity index (χ1v) is 9.20. The molecule has 0 bridgehead atoms. The van der Waals surface area contributed by atoms with Gasteiger partial charge in [0.05, 0.1) is 0 Å². The third-order valence-electron chi connectivity index (χ3n) is 4.08. The minimum absolute atomic E-state index is 0.0999. The number of benzene rings is 2. The van der Waals surface area contributed by atoms with Crippen LogP contribution in [0.4, 0.5) is 42.4 Å². The molecule has 0 atom stereocenters. The van der Waals surface area contributed by atoms with Crippen molar-refractivity contribution in [2.75, 3.05) is 16.0 Å². The molecule has 2 heterocycles. The van der Waals surface area contributed by atoms with Gasteiger partial charge in [0.25, 0.3) is 0 Å². The summed E-state index contributed by atoms with van der Waals surface area (Å²) >= 11 is 0. The maximum atomic E-state index is 13.5. The smallest absolute Gasteiger partial charge is 0.233 e. The van der Waals surface area contributed by atoms with Gasteiger partial charge in [0.2, 0.25) is 23.8 Å². The average Bonchev–Trinajstić information content (AvgIpc) is 2.76. The van der Waals surface area contributed by atoms with Gasteiger partial charge >= 0.3 is 0 Å². The molecule has 0 saturated carbocycles. The normalized spacial score (nSPS) is 10.5. The van der Waals surface area contributed by atoms with E-state index < -0.39 is 17.6 Å². The molecule has 4 rings (SSSR count). The van der Waals surface area contributed by atoms with E-state index in [1.807, 2.05) is 30.3 Å². The van der Waals surface area contributed by atoms with Crippen molar-refractivity contribution in [3.63, 3.8) is 0 Å². The van der Waals surface area contributed by atoms with E-state index in [-0.39, 0.29) is 30.1 Å². The molecule has 0 aliphatic carbocycles. The second kappa shape index (κ2) is 9.08. The largest absolute Gasteiger partial charge is 0.350 e. The predicted molar refractivity (Wildman–Crippen MR) is 111 cm³/mol. The van der Waals surface area contributed by atoms with Crippen LogP contribution in [0, 0.1) is 17.6 Å². The summed E-state index contributed by atoms with van der Waals surface area (Å²) in [6.07, 6.45) is 1.36. The van der Waals surface area contributed by atoms with Gasteiger partial charge < -0.3 is 16.0 Å². The fourth-order valence-electron chi connectivity index (χ4n) is 2.65. The van der Waals surface area contributed by atoms with Crippen LogP contribution in [0.1, 0.15) is 5.56 Å². The fourth-order valence-corrected chi connectivity index (χ4v) is 2.65. The maximum absolute atomic E-state index is 13.5. The molecule has 0 aliphatic rings. The Morgan fingerprint density at radius 2 is 1.39 bits per heavy atom. The van der Waals surface area contributed by atoms with Gasteiger partial charge in [-0.2, -0.15) is 19.3 Å². The van der Waals surface area contributed by atoms with Crippen molar-refractivity contribution in [3.05, 3.63) is 90.0 Å². The van der Waals surface area contributed by atoms with Crippen LogP contribution in [-0.2, 0) is 6.54 Å². The first-order chi connectivity index (χ1) is 15.0. The average molecular weight is 423 g/mol. The summed E-state index contributed by atoms with van der Waals surface area (Å²) in [5.74, 6) is -2.05. The summed E-state index contributed by atoms with van der Waals surface area (Å²) in [6.45, 7) is 0.235. The summed E-state index contributed by atoms with van der Waals surface area (Å²) in [5.41, 5.74) is 1.65. The van der Waals surface area contributed by atoms with Gasteiger partial charge in [-0.05, 0) is 42.0 Å². The number of para-hydroxylation sites is 1. The van der Waals surface area contributed by atoms with E-state index in [9.17, 15) is 13.2 Å². The quantitative estimate of drug-likeness (QED) is 0.369. The van der Waals surface area contributed by atoms with Crippen LogP contribution >= 0.6 is 0 Å². The van der Waals surface area contributed by atoms with Crippen molar-refractivity contribution in [1.82, 2.24) is 19.9 Å². The van der Waals surface area contributed by atoms with Gasteiger partial charge in [-0.25, -0.2) is 13.8 Å². The summed E-state index contributed by atoms with van der Waals surface area (Å²) in [6, 6.07) is 15.5. The SMILES string of the molecule is Fc1cc(CNc2nc(Nc3ccccc3)nc(Nc3ccc(F)c(F)c3)n2)ccn1. The lowest BCUT2D eigenvalue weighted by Crippen LogP contribution is -2.10. The zero-order valence-electron chi connectivity index (χ0n) is 16.0. The van der Waals surface area contributed by atoms with E-state index in [4.69, 9.17) is 0 Å². The standard InChI is InChI=1S/C21H16F3N7/c22-16-7-6-15(11-17(16)23)28-21-30-19(26-12-13-8-9-25-18(24)10-13)29-20(31-21)27-14-4-2-1-3-5-14/h1-11H,12H2,(H3,26,27,28,29,30,31). The Bertz CT molecular complexity index is 1190. The molecule has 0 aliphatic heterocycles. The van der Waals surface area contributed by atoms with Gasteiger partial charge in [-0.15, -0.1) is 0 Å². The number of hydrogen-bond acceptors (Lipinski definition) is 7. The van der Waals surface area contributed by atoms with Gasteiger partial charge in [-0.1, -0.05) is 18.2 Å². The number of anilines is 5. The van der Waals surface area contributed by atoms with Gasteiger partial charge in [0, 0.05) is 30.2 Å². The molecule has 2 aromatic heterocycles. The lowest BCUT2D eigenvalue weighted by atomic mass is 10.3. The van der Waals surface area contributed by atoms with Crippen molar-refractivity contribution in [3.8, 4) is 0 Å². The molecule has 4 aromatic rings. The van der Waals surface area contributed by atoms with Crippen molar-refractivity contribution in [2.24, 2.45) is 0 Å². The molecule has 0 fully saturated rings. The van der Waals surface area contributed by atoms with Gasteiger partial charge in [-0.3, -0.25) is 0 Å². The van der Waals surface area contributed by atoms with E-state index in [1.165, 1.54) is 18.3 Å². The Morgan fingerprint density at radius 1 is 0.677 bits per heavy atom. The summed E-state index contributed by atoms with van der Waals surface area (Å²) < 4.78 is 40.1. The van der Waals surface area contributed by atoms with E-state index >= 15 is 0 Å². The van der Waals surface area contributed by atoms with Crippen molar-refractivity contribution < 1.29 is 13.2 Å². The van der Waals surface area contributed by atoms with Crippen molar-refractivity contribution in [1.29, 1.82) is 0 Å². The Kier molecular flexibility index (Phi) is 5.88. The van der Waals surface area contributed by atoms with E-state index in [2.05, 4.69) is 35.9 Å². The van der Waals surface area contributed by atoms with Crippen LogP contribution in [0.15, 0.2) is 66.9 Å². The summed E-state index contributed by atoms with van der Waals surface area (Å²) in [7, 11) is 0. The fraction of sp³-hybridized carbons (Fsp3) is 0.0476. The van der Waals surface area contributed by atoms with E-state index in [0.717, 1.165) is 17.8 Å². The number of aromatic nitrogens is 4. The molecule has 156 valence electrons. The van der Waals surface area contributed by atoms with Crippen LogP contribution in [0.25, 0.3) is 0 Å². The summed E-state index contributed by atoms with van der Waals surface area (Å²) in [4.78, 5) is 16.4. The van der Waals surface area contributed by atoms with Crippen molar-refractivity contribution in [2.45, 2.75) is 6.54 Å².